The fourth-order valence-electron chi connectivity index (χ4n) is 4.56. The molecule has 48 heavy (non-hydrogen) atoms. The number of alkyl halides is 5. The van der Waals surface area contributed by atoms with Crippen LogP contribution in [0.25, 0.3) is 0 Å². The molecule has 0 aliphatic carbocycles. The van der Waals surface area contributed by atoms with Crippen LogP contribution in [0.3, 0.4) is 0 Å². The van der Waals surface area contributed by atoms with E-state index in [0.717, 1.165) is 5.32 Å². The topological polar surface area (TPSA) is 150 Å². The number of amides is 4. The van der Waals surface area contributed by atoms with Gasteiger partial charge in [-0.2, -0.15) is 22.0 Å². The zero-order valence-corrected chi connectivity index (χ0v) is 26.4. The molecule has 2 aromatic carbocycles. The number of pyridine rings is 1. The second-order valence-electron chi connectivity index (χ2n) is 11.1. The lowest BCUT2D eigenvalue weighted by Gasteiger charge is -2.33. The molecule has 4 atom stereocenters. The van der Waals surface area contributed by atoms with E-state index in [9.17, 15) is 46.2 Å². The normalized spacial score (nSPS) is 14.3. The van der Waals surface area contributed by atoms with Gasteiger partial charge in [0.15, 0.2) is 0 Å². The number of nitrogens with one attached hydrogen (secondary N) is 4. The first-order valence-corrected chi connectivity index (χ1v) is 14.9. The van der Waals surface area contributed by atoms with Crippen LogP contribution in [0.2, 0.25) is 5.02 Å². The predicted molar refractivity (Wildman–Crippen MR) is 165 cm³/mol. The quantitative estimate of drug-likeness (QED) is 0.162. The molecule has 3 aromatic rings. The summed E-state index contributed by atoms with van der Waals surface area (Å²) in [7, 11) is 0. The monoisotopic (exact) mass is 697 g/mol. The summed E-state index contributed by atoms with van der Waals surface area (Å²) in [6, 6.07) is 12.1. The summed E-state index contributed by atoms with van der Waals surface area (Å²) >= 11 is 6.11. The van der Waals surface area contributed by atoms with E-state index < -0.39 is 72.4 Å². The molecule has 3 unspecified atom stereocenters. The number of benzene rings is 2. The maximum Gasteiger partial charge on any atom is 0.405 e. The Labute approximate surface area is 277 Å². The van der Waals surface area contributed by atoms with Crippen molar-refractivity contribution < 1.29 is 46.2 Å². The van der Waals surface area contributed by atoms with Crippen molar-refractivity contribution in [2.24, 2.45) is 5.92 Å². The van der Waals surface area contributed by atoms with Gasteiger partial charge in [0.25, 0.3) is 11.8 Å². The number of rotatable bonds is 14. The van der Waals surface area contributed by atoms with Crippen LogP contribution < -0.4 is 21.3 Å². The third kappa shape index (κ3) is 10.7. The molecule has 0 spiro atoms. The van der Waals surface area contributed by atoms with Crippen LogP contribution in [0.1, 0.15) is 41.4 Å². The highest BCUT2D eigenvalue weighted by Gasteiger charge is 2.52. The van der Waals surface area contributed by atoms with Crippen LogP contribution in [-0.2, 0) is 20.8 Å². The van der Waals surface area contributed by atoms with Crippen molar-refractivity contribution in [2.45, 2.75) is 56.6 Å². The molecule has 0 fully saturated rings. The second kappa shape index (κ2) is 16.5. The van der Waals surface area contributed by atoms with Gasteiger partial charge < -0.3 is 26.4 Å². The highest BCUT2D eigenvalue weighted by molar-refractivity contribution is 6.30. The van der Waals surface area contributed by atoms with Gasteiger partial charge in [0, 0.05) is 29.4 Å². The van der Waals surface area contributed by atoms with E-state index in [1.807, 2.05) is 0 Å². The minimum absolute atomic E-state index is 0.0844. The number of hydrogen-bond donors (Lipinski definition) is 5. The maximum atomic E-state index is 14.9. The molecule has 0 aliphatic heterocycles. The Morgan fingerprint density at radius 2 is 1.50 bits per heavy atom. The summed E-state index contributed by atoms with van der Waals surface area (Å²) in [6.45, 7) is 0.580. The number of carbonyl (C=O) groups excluding carboxylic acids is 4. The Kier molecular flexibility index (Phi) is 13.0. The predicted octanol–water partition coefficient (Wildman–Crippen LogP) is 3.75. The van der Waals surface area contributed by atoms with E-state index in [1.165, 1.54) is 62.6 Å². The van der Waals surface area contributed by atoms with Crippen LogP contribution in [0.4, 0.5) is 22.0 Å². The molecule has 0 saturated carbocycles. The van der Waals surface area contributed by atoms with E-state index in [1.54, 1.807) is 30.3 Å². The first kappa shape index (κ1) is 37.8. The van der Waals surface area contributed by atoms with Crippen LogP contribution >= 0.6 is 11.6 Å². The molecule has 4 amide bonds. The highest BCUT2D eigenvalue weighted by atomic mass is 35.5. The van der Waals surface area contributed by atoms with Gasteiger partial charge in [-0.1, -0.05) is 67.9 Å². The lowest BCUT2D eigenvalue weighted by Crippen LogP contribution is -2.61. The number of carbonyl (C=O) groups is 4. The van der Waals surface area contributed by atoms with Crippen molar-refractivity contribution in [3.05, 3.63) is 101 Å². The van der Waals surface area contributed by atoms with Crippen LogP contribution in [0, 0.1) is 5.92 Å². The van der Waals surface area contributed by atoms with Gasteiger partial charge in [0.1, 0.15) is 24.7 Å². The molecule has 0 bridgehead atoms. The number of nitrogens with zero attached hydrogens (tertiary/aromatic N) is 1. The summed E-state index contributed by atoms with van der Waals surface area (Å²) in [6.07, 6.45) is -5.29. The molecule has 1 aromatic heterocycles. The molecule has 0 radical (unpaired) electrons. The van der Waals surface area contributed by atoms with Gasteiger partial charge in [-0.25, -0.2) is 0 Å². The number of aliphatic hydroxyl groups excluding tert-OH is 1. The van der Waals surface area contributed by atoms with Crippen molar-refractivity contribution in [1.82, 2.24) is 26.3 Å². The zero-order chi connectivity index (χ0) is 35.6. The average molecular weight is 698 g/mol. The Hall–Kier alpha value is -4.63. The number of hydrogen-bond acceptors (Lipinski definition) is 6. The fourth-order valence-corrected chi connectivity index (χ4v) is 4.77. The highest BCUT2D eigenvalue weighted by Crippen LogP contribution is 2.26. The standard InChI is InChI=1S/C32H33ClF5N5O5/c1-18(2)24(26(44)32(37,38)30(48)40-17-31(34,35)36)42-29(47)25(20-8-4-3-5-9-20)43-28(46)23(16-19-7-6-10-22(33)15-19)41-27(45)21-11-13-39-14-12-21/h3-15,18,23-26,44H,16-17H2,1-2H3,(H,40,48)(H,41,45)(H,42,47)(H,43,46)/t23?,24-,25?,26?/m0/s1. The molecule has 0 aliphatic rings. The molecule has 0 saturated heterocycles. The van der Waals surface area contributed by atoms with Crippen molar-refractivity contribution in [3.8, 4) is 0 Å². The Balaban J connectivity index is 1.90. The Morgan fingerprint density at radius 1 is 0.854 bits per heavy atom. The summed E-state index contributed by atoms with van der Waals surface area (Å²) in [4.78, 5) is 56.3. The van der Waals surface area contributed by atoms with Gasteiger partial charge in [-0.05, 0) is 41.3 Å². The summed E-state index contributed by atoms with van der Waals surface area (Å²) < 4.78 is 67.3. The third-order valence-electron chi connectivity index (χ3n) is 7.07. The fraction of sp³-hybridized carbons (Fsp3) is 0.344. The van der Waals surface area contributed by atoms with Gasteiger partial charge in [0.2, 0.25) is 11.8 Å². The second-order valence-corrected chi connectivity index (χ2v) is 11.5. The molecule has 10 nitrogen and oxygen atoms in total. The Bertz CT molecular complexity index is 1560. The van der Waals surface area contributed by atoms with Crippen molar-refractivity contribution in [2.75, 3.05) is 6.54 Å². The maximum absolute atomic E-state index is 14.9. The van der Waals surface area contributed by atoms with Crippen LogP contribution in [-0.4, -0.2) is 70.6 Å². The van der Waals surface area contributed by atoms with Gasteiger partial charge in [-0.3, -0.25) is 24.2 Å². The lowest BCUT2D eigenvalue weighted by molar-refractivity contribution is -0.175. The summed E-state index contributed by atoms with van der Waals surface area (Å²) in [5.74, 6) is -10.7. The van der Waals surface area contributed by atoms with Gasteiger partial charge in [0.05, 0.1) is 6.04 Å². The van der Waals surface area contributed by atoms with E-state index in [-0.39, 0.29) is 17.5 Å². The first-order chi connectivity index (χ1) is 22.5. The van der Waals surface area contributed by atoms with Crippen molar-refractivity contribution in [3.63, 3.8) is 0 Å². The minimum Gasteiger partial charge on any atom is -0.384 e. The van der Waals surface area contributed by atoms with Crippen LogP contribution in [0.5, 0.6) is 0 Å². The van der Waals surface area contributed by atoms with E-state index in [0.29, 0.717) is 10.6 Å². The first-order valence-electron chi connectivity index (χ1n) is 14.5. The smallest absolute Gasteiger partial charge is 0.384 e. The van der Waals surface area contributed by atoms with E-state index in [4.69, 9.17) is 11.6 Å². The molecule has 3 rings (SSSR count). The number of halogens is 6. The third-order valence-corrected chi connectivity index (χ3v) is 7.30. The van der Waals surface area contributed by atoms with Crippen molar-refractivity contribution in [1.29, 1.82) is 0 Å². The summed E-state index contributed by atoms with van der Waals surface area (Å²) in [5, 5.41) is 19.3. The Morgan fingerprint density at radius 3 is 2.08 bits per heavy atom. The van der Waals surface area contributed by atoms with E-state index in [2.05, 4.69) is 20.9 Å². The molecular formula is C32H33ClF5N5O5. The van der Waals surface area contributed by atoms with Gasteiger partial charge in [-0.15, -0.1) is 0 Å². The lowest BCUT2D eigenvalue weighted by atomic mass is 9.93. The number of aliphatic hydroxyl groups is 1. The molecule has 5 N–H and O–H groups in total. The molecule has 1 heterocycles. The van der Waals surface area contributed by atoms with Crippen LogP contribution in [0.15, 0.2) is 79.1 Å². The SMILES string of the molecule is CC(C)[C@H](NC(=O)C(NC(=O)C(Cc1cccc(Cl)c1)NC(=O)c1ccncc1)c1ccccc1)C(O)C(F)(F)C(=O)NCC(F)(F)F. The zero-order valence-electron chi connectivity index (χ0n) is 25.6. The average Bonchev–Trinajstić information content (AvgIpc) is 3.04. The van der Waals surface area contributed by atoms with Gasteiger partial charge >= 0.3 is 12.1 Å². The largest absolute Gasteiger partial charge is 0.405 e. The number of aromatic nitrogens is 1. The summed E-state index contributed by atoms with van der Waals surface area (Å²) in [5.41, 5.74) is 0.907. The van der Waals surface area contributed by atoms with Crippen molar-refractivity contribution >= 4 is 35.2 Å². The molecule has 16 heteroatoms. The molecule has 258 valence electrons. The minimum atomic E-state index is -4.99. The molecular weight excluding hydrogens is 665 g/mol. The van der Waals surface area contributed by atoms with E-state index >= 15 is 0 Å².